The lowest BCUT2D eigenvalue weighted by Crippen LogP contribution is -2.45. The Hall–Kier alpha value is -0.120. The number of aliphatic hydroxyl groups excluding tert-OH is 1. The second-order valence-electron chi connectivity index (χ2n) is 6.43. The Balaban J connectivity index is 2.19. The van der Waals surface area contributed by atoms with Crippen LogP contribution in [0.5, 0.6) is 0 Å². The molecule has 1 rings (SSSR count). The molecular formula is C14H30N2O. The van der Waals surface area contributed by atoms with Crippen molar-refractivity contribution in [2.24, 2.45) is 5.92 Å². The molecule has 102 valence electrons. The maximum atomic E-state index is 10.0. The molecular weight excluding hydrogens is 212 g/mol. The number of likely N-dealkylation sites (N-methyl/N-ethyl adjacent to an activating group) is 1. The molecule has 2 N–H and O–H groups in total. The van der Waals surface area contributed by atoms with Crippen LogP contribution in [0, 0.1) is 5.92 Å². The molecule has 1 fully saturated rings. The first-order valence-electron chi connectivity index (χ1n) is 7.06. The van der Waals surface area contributed by atoms with Crippen molar-refractivity contribution in [3.63, 3.8) is 0 Å². The van der Waals surface area contributed by atoms with Crippen LogP contribution in [0.2, 0.25) is 0 Å². The van der Waals surface area contributed by atoms with Gasteiger partial charge in [-0.25, -0.2) is 0 Å². The summed E-state index contributed by atoms with van der Waals surface area (Å²) in [5, 5.41) is 13.4. The highest BCUT2D eigenvalue weighted by Gasteiger charge is 2.21. The summed E-state index contributed by atoms with van der Waals surface area (Å²) in [6.45, 7) is 12.3. The van der Waals surface area contributed by atoms with Gasteiger partial charge in [-0.2, -0.15) is 0 Å². The Kier molecular flexibility index (Phi) is 5.90. The number of hydrogen-bond donors (Lipinski definition) is 2. The van der Waals surface area contributed by atoms with Gasteiger partial charge in [0, 0.05) is 25.2 Å². The van der Waals surface area contributed by atoms with Crippen molar-refractivity contribution < 1.29 is 5.11 Å². The predicted molar refractivity (Wildman–Crippen MR) is 73.2 cm³/mol. The fourth-order valence-corrected chi connectivity index (χ4v) is 2.16. The molecule has 0 saturated heterocycles. The van der Waals surface area contributed by atoms with Gasteiger partial charge in [0.2, 0.25) is 0 Å². The molecule has 1 saturated carbocycles. The monoisotopic (exact) mass is 242 g/mol. The summed E-state index contributed by atoms with van der Waals surface area (Å²) in [5.41, 5.74) is 0.0893. The first-order chi connectivity index (χ1) is 7.90. The van der Waals surface area contributed by atoms with Crippen LogP contribution in [0.4, 0.5) is 0 Å². The van der Waals surface area contributed by atoms with Gasteiger partial charge < -0.3 is 15.3 Å². The molecule has 0 aromatic rings. The summed E-state index contributed by atoms with van der Waals surface area (Å²) in [6, 6.07) is 0. The molecule has 3 heteroatoms. The first-order valence-corrected chi connectivity index (χ1v) is 7.06. The lowest BCUT2D eigenvalue weighted by atomic mass is 9.85. The summed E-state index contributed by atoms with van der Waals surface area (Å²) in [7, 11) is 0. The average Bonchev–Trinajstić information content (AvgIpc) is 2.17. The summed E-state index contributed by atoms with van der Waals surface area (Å²) in [5.74, 6) is 0.887. The average molecular weight is 242 g/mol. The van der Waals surface area contributed by atoms with Gasteiger partial charge in [-0.1, -0.05) is 13.3 Å². The molecule has 1 aliphatic rings. The standard InChI is InChI=1S/C14H30N2O/c1-5-16(10-12-7-6-8-12)11-13(17)9-15-14(2,3)4/h12-13,15,17H,5-11H2,1-4H3. The molecule has 0 spiro atoms. The summed E-state index contributed by atoms with van der Waals surface area (Å²) in [4.78, 5) is 2.39. The third-order valence-electron chi connectivity index (χ3n) is 3.53. The van der Waals surface area contributed by atoms with Crippen molar-refractivity contribution in [3.8, 4) is 0 Å². The van der Waals surface area contributed by atoms with Crippen molar-refractivity contribution in [2.45, 2.75) is 58.6 Å². The molecule has 0 amide bonds. The highest BCUT2D eigenvalue weighted by molar-refractivity contribution is 4.77. The Bertz CT molecular complexity index is 209. The quantitative estimate of drug-likeness (QED) is 0.715. The van der Waals surface area contributed by atoms with E-state index in [9.17, 15) is 5.11 Å². The van der Waals surface area contributed by atoms with E-state index in [1.807, 2.05) is 0 Å². The van der Waals surface area contributed by atoms with E-state index in [4.69, 9.17) is 0 Å². The third-order valence-corrected chi connectivity index (χ3v) is 3.53. The van der Waals surface area contributed by atoms with Crippen LogP contribution in [-0.4, -0.2) is 47.8 Å². The molecule has 0 aromatic carbocycles. The Morgan fingerprint density at radius 1 is 1.35 bits per heavy atom. The zero-order chi connectivity index (χ0) is 12.9. The number of aliphatic hydroxyl groups is 1. The van der Waals surface area contributed by atoms with Crippen LogP contribution in [0.3, 0.4) is 0 Å². The van der Waals surface area contributed by atoms with E-state index < -0.39 is 0 Å². The maximum absolute atomic E-state index is 10.0. The molecule has 17 heavy (non-hydrogen) atoms. The normalized spacial score (nSPS) is 19.4. The van der Waals surface area contributed by atoms with E-state index in [0.717, 1.165) is 19.0 Å². The molecule has 1 atom stereocenters. The smallest absolute Gasteiger partial charge is 0.0791 e. The van der Waals surface area contributed by atoms with E-state index in [2.05, 4.69) is 37.9 Å². The lowest BCUT2D eigenvalue weighted by Gasteiger charge is -2.33. The molecule has 0 aromatic heterocycles. The molecule has 0 radical (unpaired) electrons. The molecule has 0 bridgehead atoms. The highest BCUT2D eigenvalue weighted by atomic mass is 16.3. The van der Waals surface area contributed by atoms with Gasteiger partial charge >= 0.3 is 0 Å². The Labute approximate surface area is 107 Å². The lowest BCUT2D eigenvalue weighted by molar-refractivity contribution is 0.0888. The number of nitrogens with zero attached hydrogens (tertiary/aromatic N) is 1. The third kappa shape index (κ3) is 6.39. The molecule has 3 nitrogen and oxygen atoms in total. The van der Waals surface area contributed by atoms with Crippen molar-refractivity contribution in [1.82, 2.24) is 10.2 Å². The second kappa shape index (κ2) is 6.72. The zero-order valence-electron chi connectivity index (χ0n) is 12.0. The number of rotatable bonds is 7. The van der Waals surface area contributed by atoms with Gasteiger partial charge in [0.1, 0.15) is 0 Å². The van der Waals surface area contributed by atoms with Gasteiger partial charge in [-0.3, -0.25) is 0 Å². The Morgan fingerprint density at radius 2 is 2.00 bits per heavy atom. The van der Waals surface area contributed by atoms with Gasteiger partial charge in [-0.15, -0.1) is 0 Å². The topological polar surface area (TPSA) is 35.5 Å². The fourth-order valence-electron chi connectivity index (χ4n) is 2.16. The first kappa shape index (κ1) is 14.9. The molecule has 1 unspecified atom stereocenters. The Morgan fingerprint density at radius 3 is 2.41 bits per heavy atom. The van der Waals surface area contributed by atoms with E-state index in [-0.39, 0.29) is 11.6 Å². The summed E-state index contributed by atoms with van der Waals surface area (Å²) >= 11 is 0. The molecule has 0 heterocycles. The van der Waals surface area contributed by atoms with Gasteiger partial charge in [0.05, 0.1) is 6.10 Å². The van der Waals surface area contributed by atoms with Gasteiger partial charge in [-0.05, 0) is 46.1 Å². The largest absolute Gasteiger partial charge is 0.390 e. The van der Waals surface area contributed by atoms with Crippen molar-refractivity contribution in [2.75, 3.05) is 26.2 Å². The maximum Gasteiger partial charge on any atom is 0.0791 e. The van der Waals surface area contributed by atoms with E-state index >= 15 is 0 Å². The van der Waals surface area contributed by atoms with Gasteiger partial charge in [0.25, 0.3) is 0 Å². The van der Waals surface area contributed by atoms with Crippen molar-refractivity contribution >= 4 is 0 Å². The van der Waals surface area contributed by atoms with E-state index in [1.54, 1.807) is 0 Å². The number of β-amino-alcohol motifs (C(OH)–C–C–N with tert-alkyl or cyclic N) is 1. The van der Waals surface area contributed by atoms with Gasteiger partial charge in [0.15, 0.2) is 0 Å². The van der Waals surface area contributed by atoms with Crippen LogP contribution in [0.15, 0.2) is 0 Å². The number of hydrogen-bond acceptors (Lipinski definition) is 3. The fraction of sp³-hybridized carbons (Fsp3) is 1.00. The zero-order valence-corrected chi connectivity index (χ0v) is 12.0. The summed E-state index contributed by atoms with van der Waals surface area (Å²) < 4.78 is 0. The van der Waals surface area contributed by atoms with Crippen LogP contribution in [0.1, 0.15) is 47.0 Å². The molecule has 1 aliphatic carbocycles. The minimum Gasteiger partial charge on any atom is -0.390 e. The minimum atomic E-state index is -0.255. The van der Waals surface area contributed by atoms with E-state index in [1.165, 1.54) is 25.8 Å². The predicted octanol–water partition coefficient (Wildman–Crippen LogP) is 1.86. The van der Waals surface area contributed by atoms with Crippen LogP contribution in [-0.2, 0) is 0 Å². The van der Waals surface area contributed by atoms with Crippen LogP contribution >= 0.6 is 0 Å². The minimum absolute atomic E-state index is 0.0893. The van der Waals surface area contributed by atoms with Crippen LogP contribution < -0.4 is 5.32 Å². The second-order valence-corrected chi connectivity index (χ2v) is 6.43. The SMILES string of the molecule is CCN(CC(O)CNC(C)(C)C)CC1CCC1. The van der Waals surface area contributed by atoms with Crippen molar-refractivity contribution in [1.29, 1.82) is 0 Å². The highest BCUT2D eigenvalue weighted by Crippen LogP contribution is 2.26. The molecule has 0 aliphatic heterocycles. The summed E-state index contributed by atoms with van der Waals surface area (Å²) in [6.07, 6.45) is 3.91. The number of nitrogens with one attached hydrogen (secondary N) is 1. The van der Waals surface area contributed by atoms with Crippen molar-refractivity contribution in [3.05, 3.63) is 0 Å². The van der Waals surface area contributed by atoms with Crippen LogP contribution in [0.25, 0.3) is 0 Å². The van der Waals surface area contributed by atoms with E-state index in [0.29, 0.717) is 6.54 Å².